The van der Waals surface area contributed by atoms with Gasteiger partial charge in [0.2, 0.25) is 10.0 Å². The van der Waals surface area contributed by atoms with E-state index in [1.54, 1.807) is 0 Å². The van der Waals surface area contributed by atoms with Crippen LogP contribution < -0.4 is 5.14 Å². The quantitative estimate of drug-likeness (QED) is 0.883. The summed E-state index contributed by atoms with van der Waals surface area (Å²) < 4.78 is 51.4. The normalized spacial score (nSPS) is 15.1. The number of benzene rings is 2. The van der Waals surface area contributed by atoms with Crippen LogP contribution in [0.15, 0.2) is 35.2 Å². The van der Waals surface area contributed by atoms with Crippen molar-refractivity contribution in [3.8, 4) is 0 Å². The zero-order chi connectivity index (χ0) is 18.4. The first-order valence-electron chi connectivity index (χ1n) is 7.99. The third-order valence-electron chi connectivity index (χ3n) is 4.44. The highest BCUT2D eigenvalue weighted by molar-refractivity contribution is 7.89. The molecule has 0 saturated heterocycles. The lowest BCUT2D eigenvalue weighted by Gasteiger charge is -2.12. The Bertz CT molecular complexity index is 974. The molecule has 1 aliphatic rings. The van der Waals surface area contributed by atoms with Crippen LogP contribution in [0.5, 0.6) is 0 Å². The molecule has 0 bridgehead atoms. The van der Waals surface area contributed by atoms with Gasteiger partial charge in [-0.1, -0.05) is 29.3 Å². The molecule has 25 heavy (non-hydrogen) atoms. The van der Waals surface area contributed by atoms with Crippen LogP contribution in [0.1, 0.15) is 41.5 Å². The topological polar surface area (TPSA) is 60.2 Å². The zero-order valence-corrected chi connectivity index (χ0v) is 14.9. The summed E-state index contributed by atoms with van der Waals surface area (Å²) in [5.74, 6) is -1.80. The Labute approximate surface area is 146 Å². The summed E-state index contributed by atoms with van der Waals surface area (Å²) >= 11 is 0. The van der Waals surface area contributed by atoms with Gasteiger partial charge in [0.05, 0.1) is 0 Å². The summed E-state index contributed by atoms with van der Waals surface area (Å²) in [5.41, 5.74) is 5.02. The predicted octanol–water partition coefficient (Wildman–Crippen LogP) is 4.32. The van der Waals surface area contributed by atoms with E-state index < -0.39 is 26.6 Å². The number of hydrogen-bond donors (Lipinski definition) is 1. The van der Waals surface area contributed by atoms with Gasteiger partial charge in [-0.05, 0) is 62.0 Å². The average Bonchev–Trinajstić information content (AvgIpc) is 2.96. The Morgan fingerprint density at radius 2 is 1.48 bits per heavy atom. The van der Waals surface area contributed by atoms with E-state index >= 15 is 0 Å². The Morgan fingerprint density at radius 3 is 2.08 bits per heavy atom. The maximum atomic E-state index is 14.5. The number of primary sulfonamides is 1. The molecule has 0 saturated carbocycles. The molecule has 0 amide bonds. The van der Waals surface area contributed by atoms with Gasteiger partial charge in [0.25, 0.3) is 0 Å². The Balaban J connectivity index is 2.19. The van der Waals surface area contributed by atoms with Crippen molar-refractivity contribution in [3.05, 3.63) is 64.2 Å². The van der Waals surface area contributed by atoms with Gasteiger partial charge < -0.3 is 0 Å². The highest BCUT2D eigenvalue weighted by atomic mass is 32.2. The molecule has 1 aliphatic carbocycles. The maximum Gasteiger partial charge on any atom is 0.241 e. The Hall–Kier alpha value is -2.05. The lowest BCUT2D eigenvalue weighted by atomic mass is 9.94. The largest absolute Gasteiger partial charge is 0.241 e. The molecular weight excluding hydrogens is 344 g/mol. The predicted molar refractivity (Wildman–Crippen MR) is 94.3 cm³/mol. The van der Waals surface area contributed by atoms with Crippen LogP contribution in [0.2, 0.25) is 0 Å². The number of sulfonamides is 1. The summed E-state index contributed by atoms with van der Waals surface area (Å²) in [6, 6.07) is 7.73. The molecule has 3 rings (SSSR count). The fourth-order valence-corrected chi connectivity index (χ4v) is 4.08. The summed E-state index contributed by atoms with van der Waals surface area (Å²) in [5, 5.41) is 4.94. The van der Waals surface area contributed by atoms with Crippen molar-refractivity contribution in [1.29, 1.82) is 0 Å². The highest BCUT2D eigenvalue weighted by Gasteiger charge is 2.24. The van der Waals surface area contributed by atoms with Crippen molar-refractivity contribution in [3.63, 3.8) is 0 Å². The van der Waals surface area contributed by atoms with E-state index in [1.165, 1.54) is 0 Å². The number of nitrogens with two attached hydrogens (primary N) is 1. The van der Waals surface area contributed by atoms with Crippen LogP contribution >= 0.6 is 0 Å². The number of allylic oxidation sites excluding steroid dienone is 2. The molecule has 6 heteroatoms. The zero-order valence-electron chi connectivity index (χ0n) is 14.1. The third-order valence-corrected chi connectivity index (χ3v) is 5.37. The first kappa shape index (κ1) is 17.8. The van der Waals surface area contributed by atoms with Crippen molar-refractivity contribution in [1.82, 2.24) is 0 Å². The lowest BCUT2D eigenvalue weighted by Crippen LogP contribution is -2.15. The fraction of sp³-hybridized carbons (Fsp3) is 0.263. The first-order chi connectivity index (χ1) is 11.7. The molecule has 0 aliphatic heterocycles. The van der Waals surface area contributed by atoms with Crippen LogP contribution in [0.25, 0.3) is 11.1 Å². The number of halogens is 2. The Kier molecular flexibility index (Phi) is 4.51. The third kappa shape index (κ3) is 3.50. The van der Waals surface area contributed by atoms with E-state index in [9.17, 15) is 17.2 Å². The summed E-state index contributed by atoms with van der Waals surface area (Å²) in [6.07, 6.45) is 2.24. The van der Waals surface area contributed by atoms with E-state index in [-0.39, 0.29) is 5.56 Å². The van der Waals surface area contributed by atoms with Gasteiger partial charge in [-0.2, -0.15) is 0 Å². The van der Waals surface area contributed by atoms with Crippen LogP contribution in [0, 0.1) is 25.5 Å². The summed E-state index contributed by atoms with van der Waals surface area (Å²) in [7, 11) is -4.30. The standard InChI is InChI=1S/C19H19F2NO2S/c1-11-6-12(2)8-13(7-11)14-4-3-5-15(14)16-9-18(21)19(10-17(16)20)25(22,23)24/h6-10H,3-5H2,1-2H3,(H2,22,23,24). The second kappa shape index (κ2) is 6.35. The van der Waals surface area contributed by atoms with E-state index in [1.807, 2.05) is 26.0 Å². The molecule has 0 atom stereocenters. The van der Waals surface area contributed by atoms with Gasteiger partial charge in [0.15, 0.2) is 0 Å². The minimum Gasteiger partial charge on any atom is -0.225 e. The monoisotopic (exact) mass is 363 g/mol. The molecule has 132 valence electrons. The van der Waals surface area contributed by atoms with E-state index in [0.717, 1.165) is 46.7 Å². The molecule has 0 fully saturated rings. The maximum absolute atomic E-state index is 14.5. The van der Waals surface area contributed by atoms with Crippen molar-refractivity contribution < 1.29 is 17.2 Å². The molecule has 2 aromatic carbocycles. The van der Waals surface area contributed by atoms with Gasteiger partial charge >= 0.3 is 0 Å². The van der Waals surface area contributed by atoms with Gasteiger partial charge in [-0.15, -0.1) is 0 Å². The van der Waals surface area contributed by atoms with Gasteiger partial charge in [0.1, 0.15) is 16.5 Å². The molecular formula is C19H19F2NO2S. The minimum atomic E-state index is -4.30. The van der Waals surface area contributed by atoms with Crippen LogP contribution in [-0.2, 0) is 10.0 Å². The molecule has 0 aromatic heterocycles. The molecule has 0 heterocycles. The molecule has 2 aromatic rings. The van der Waals surface area contributed by atoms with Gasteiger partial charge in [-0.25, -0.2) is 22.3 Å². The van der Waals surface area contributed by atoms with Crippen molar-refractivity contribution in [2.24, 2.45) is 5.14 Å². The molecule has 0 spiro atoms. The fourth-order valence-electron chi connectivity index (χ4n) is 3.49. The molecule has 0 radical (unpaired) electrons. The van der Waals surface area contributed by atoms with E-state index in [0.29, 0.717) is 12.5 Å². The van der Waals surface area contributed by atoms with Crippen molar-refractivity contribution in [2.75, 3.05) is 0 Å². The van der Waals surface area contributed by atoms with E-state index in [2.05, 4.69) is 6.07 Å². The molecule has 3 nitrogen and oxygen atoms in total. The summed E-state index contributed by atoms with van der Waals surface area (Å²) in [4.78, 5) is -0.819. The molecule has 0 unspecified atom stereocenters. The lowest BCUT2D eigenvalue weighted by molar-refractivity contribution is 0.552. The molecule has 2 N–H and O–H groups in total. The second-order valence-electron chi connectivity index (χ2n) is 6.49. The van der Waals surface area contributed by atoms with Crippen LogP contribution in [-0.4, -0.2) is 8.42 Å². The number of aryl methyl sites for hydroxylation is 2. The van der Waals surface area contributed by atoms with Gasteiger partial charge in [0, 0.05) is 5.56 Å². The SMILES string of the molecule is Cc1cc(C)cc(C2=C(c3cc(F)c(S(N)(=O)=O)cc3F)CCC2)c1. The first-order valence-corrected chi connectivity index (χ1v) is 9.54. The van der Waals surface area contributed by atoms with Gasteiger partial charge in [-0.3, -0.25) is 0 Å². The second-order valence-corrected chi connectivity index (χ2v) is 8.02. The van der Waals surface area contributed by atoms with Crippen molar-refractivity contribution in [2.45, 2.75) is 38.0 Å². The van der Waals surface area contributed by atoms with Crippen molar-refractivity contribution >= 4 is 21.2 Å². The minimum absolute atomic E-state index is 0.108. The highest BCUT2D eigenvalue weighted by Crippen LogP contribution is 2.41. The number of rotatable bonds is 3. The summed E-state index contributed by atoms with van der Waals surface area (Å²) in [6.45, 7) is 3.99. The average molecular weight is 363 g/mol. The van der Waals surface area contributed by atoms with Crippen LogP contribution in [0.4, 0.5) is 8.78 Å². The van der Waals surface area contributed by atoms with Crippen LogP contribution in [0.3, 0.4) is 0 Å². The van der Waals surface area contributed by atoms with E-state index in [4.69, 9.17) is 5.14 Å². The Morgan fingerprint density at radius 1 is 0.880 bits per heavy atom. The number of hydrogen-bond acceptors (Lipinski definition) is 2. The smallest absolute Gasteiger partial charge is 0.225 e.